The molecule has 0 unspecified atom stereocenters. The molecule has 2 atom stereocenters. The number of carbonyl (C=O) groups excluding carboxylic acids is 3. The second kappa shape index (κ2) is 8.94. The lowest BCUT2D eigenvalue weighted by Crippen LogP contribution is -2.36. The van der Waals surface area contributed by atoms with E-state index in [4.69, 9.17) is 10.5 Å². The van der Waals surface area contributed by atoms with Crippen LogP contribution >= 0.6 is 0 Å². The SMILES string of the molecule is CC1(NC(=O)O[C@H]2CC[C@@H](c3cnc(NC(=O)Cc4cccc(C(N)=O)c4)nc3)C2)CC1. The number of hydrogen-bond donors (Lipinski definition) is 3. The average molecular weight is 438 g/mol. The van der Waals surface area contributed by atoms with Crippen LogP contribution in [0.5, 0.6) is 0 Å². The number of aromatic nitrogens is 2. The standard InChI is InChI=1S/C23H27N5O4/c1-23(7-8-23)28-22(31)32-18-6-5-15(11-18)17-12-25-21(26-13-17)27-19(29)10-14-3-2-4-16(9-14)20(24)30/h2-4,9,12-13,15,18H,5-8,10-11H2,1H3,(H2,24,30)(H,28,31)(H,25,26,27,29)/t15-,18+/m1/s1. The molecular weight excluding hydrogens is 410 g/mol. The maximum absolute atomic E-state index is 12.3. The molecule has 1 aromatic carbocycles. The first kappa shape index (κ1) is 21.7. The largest absolute Gasteiger partial charge is 0.446 e. The third-order valence-corrected chi connectivity index (χ3v) is 6.03. The van der Waals surface area contributed by atoms with Crippen molar-refractivity contribution in [1.82, 2.24) is 15.3 Å². The number of amides is 3. The summed E-state index contributed by atoms with van der Waals surface area (Å²) in [6, 6.07) is 6.63. The second-order valence-corrected chi connectivity index (χ2v) is 8.85. The number of carbonyl (C=O) groups is 3. The highest BCUT2D eigenvalue weighted by Crippen LogP contribution is 2.37. The Hall–Kier alpha value is -3.49. The monoisotopic (exact) mass is 437 g/mol. The van der Waals surface area contributed by atoms with Crippen molar-refractivity contribution in [1.29, 1.82) is 0 Å². The van der Waals surface area contributed by atoms with Gasteiger partial charge in [0, 0.05) is 23.5 Å². The van der Waals surface area contributed by atoms with Gasteiger partial charge in [-0.1, -0.05) is 12.1 Å². The number of alkyl carbamates (subject to hydrolysis) is 1. The number of nitrogens with one attached hydrogen (secondary N) is 2. The predicted molar refractivity (Wildman–Crippen MR) is 117 cm³/mol. The highest BCUT2D eigenvalue weighted by Gasteiger charge is 2.40. The molecule has 0 spiro atoms. The molecular formula is C23H27N5O4. The summed E-state index contributed by atoms with van der Waals surface area (Å²) in [6.45, 7) is 2.02. The van der Waals surface area contributed by atoms with Gasteiger partial charge in [0.1, 0.15) is 6.10 Å². The van der Waals surface area contributed by atoms with Gasteiger partial charge in [0.05, 0.1) is 6.42 Å². The highest BCUT2D eigenvalue weighted by molar-refractivity contribution is 5.94. The van der Waals surface area contributed by atoms with E-state index < -0.39 is 5.91 Å². The number of nitrogens with two attached hydrogens (primary N) is 1. The highest BCUT2D eigenvalue weighted by atomic mass is 16.6. The Morgan fingerprint density at radius 3 is 2.62 bits per heavy atom. The van der Waals surface area contributed by atoms with Gasteiger partial charge >= 0.3 is 6.09 Å². The molecule has 0 saturated heterocycles. The van der Waals surface area contributed by atoms with Crippen molar-refractivity contribution >= 4 is 23.9 Å². The molecule has 2 saturated carbocycles. The molecule has 2 aliphatic carbocycles. The van der Waals surface area contributed by atoms with Gasteiger partial charge in [0.25, 0.3) is 0 Å². The predicted octanol–water partition coefficient (Wildman–Crippen LogP) is 2.67. The lowest BCUT2D eigenvalue weighted by Gasteiger charge is -2.16. The summed E-state index contributed by atoms with van der Waals surface area (Å²) >= 11 is 0. The summed E-state index contributed by atoms with van der Waals surface area (Å²) in [4.78, 5) is 44.1. The fraction of sp³-hybridized carbons (Fsp3) is 0.435. The summed E-state index contributed by atoms with van der Waals surface area (Å²) in [5, 5.41) is 5.58. The third kappa shape index (κ3) is 5.60. The summed E-state index contributed by atoms with van der Waals surface area (Å²) in [7, 11) is 0. The molecule has 2 aliphatic rings. The molecule has 2 aromatic rings. The van der Waals surface area contributed by atoms with Crippen LogP contribution in [0.25, 0.3) is 0 Å². The van der Waals surface area contributed by atoms with E-state index in [1.807, 2.05) is 6.92 Å². The molecule has 0 aliphatic heterocycles. The quantitative estimate of drug-likeness (QED) is 0.609. The van der Waals surface area contributed by atoms with Crippen LogP contribution in [-0.4, -0.2) is 39.5 Å². The van der Waals surface area contributed by atoms with Crippen LogP contribution in [0.2, 0.25) is 0 Å². The van der Waals surface area contributed by atoms with Crippen molar-refractivity contribution < 1.29 is 19.1 Å². The number of benzene rings is 1. The molecule has 9 nitrogen and oxygen atoms in total. The molecule has 32 heavy (non-hydrogen) atoms. The topological polar surface area (TPSA) is 136 Å². The molecule has 168 valence electrons. The lowest BCUT2D eigenvalue weighted by molar-refractivity contribution is -0.115. The summed E-state index contributed by atoms with van der Waals surface area (Å²) in [5.74, 6) is -0.397. The number of rotatable bonds is 7. The van der Waals surface area contributed by atoms with Crippen LogP contribution in [0.3, 0.4) is 0 Å². The zero-order valence-corrected chi connectivity index (χ0v) is 18.0. The van der Waals surface area contributed by atoms with Gasteiger partial charge in [-0.25, -0.2) is 14.8 Å². The Morgan fingerprint density at radius 2 is 1.94 bits per heavy atom. The average Bonchev–Trinajstić information content (AvgIpc) is 3.28. The van der Waals surface area contributed by atoms with Gasteiger partial charge in [-0.2, -0.15) is 0 Å². The number of nitrogens with zero attached hydrogens (tertiary/aromatic N) is 2. The summed E-state index contributed by atoms with van der Waals surface area (Å²) in [5.41, 5.74) is 7.17. The summed E-state index contributed by atoms with van der Waals surface area (Å²) < 4.78 is 5.56. The van der Waals surface area contributed by atoms with Gasteiger partial charge in [-0.05, 0) is 68.2 Å². The minimum absolute atomic E-state index is 0.0784. The van der Waals surface area contributed by atoms with E-state index >= 15 is 0 Å². The number of anilines is 1. The van der Waals surface area contributed by atoms with Crippen LogP contribution in [0.4, 0.5) is 10.7 Å². The van der Waals surface area contributed by atoms with Gasteiger partial charge in [-0.15, -0.1) is 0 Å². The van der Waals surface area contributed by atoms with E-state index in [9.17, 15) is 14.4 Å². The van der Waals surface area contributed by atoms with Crippen LogP contribution in [0.15, 0.2) is 36.7 Å². The maximum atomic E-state index is 12.3. The van der Waals surface area contributed by atoms with E-state index in [2.05, 4.69) is 20.6 Å². The molecule has 3 amide bonds. The third-order valence-electron chi connectivity index (χ3n) is 6.03. The molecule has 0 radical (unpaired) electrons. The molecule has 1 heterocycles. The van der Waals surface area contributed by atoms with Crippen LogP contribution in [0, 0.1) is 0 Å². The Bertz CT molecular complexity index is 1020. The lowest BCUT2D eigenvalue weighted by atomic mass is 10.0. The van der Waals surface area contributed by atoms with E-state index in [0.29, 0.717) is 11.1 Å². The smallest absolute Gasteiger partial charge is 0.407 e. The number of primary amides is 1. The molecule has 0 bridgehead atoms. The Balaban J connectivity index is 1.27. The van der Waals surface area contributed by atoms with Crippen LogP contribution in [0.1, 0.15) is 66.4 Å². The van der Waals surface area contributed by atoms with Crippen molar-refractivity contribution in [3.63, 3.8) is 0 Å². The number of ether oxygens (including phenoxy) is 1. The molecule has 4 N–H and O–H groups in total. The Labute approximate surface area is 186 Å². The summed E-state index contributed by atoms with van der Waals surface area (Å²) in [6.07, 6.45) is 7.45. The van der Waals surface area contributed by atoms with E-state index in [-0.39, 0.29) is 41.9 Å². The van der Waals surface area contributed by atoms with E-state index in [1.165, 1.54) is 0 Å². The zero-order chi connectivity index (χ0) is 22.7. The van der Waals surface area contributed by atoms with Gasteiger partial charge < -0.3 is 15.8 Å². The first-order valence-electron chi connectivity index (χ1n) is 10.8. The fourth-order valence-electron chi connectivity index (χ4n) is 3.89. The maximum Gasteiger partial charge on any atom is 0.407 e. The molecule has 2 fully saturated rings. The first-order chi connectivity index (χ1) is 15.3. The van der Waals surface area contributed by atoms with Gasteiger partial charge in [0.2, 0.25) is 17.8 Å². The minimum Gasteiger partial charge on any atom is -0.446 e. The Kier molecular flexibility index (Phi) is 6.07. The Morgan fingerprint density at radius 1 is 1.19 bits per heavy atom. The normalized spacial score (nSPS) is 20.9. The van der Waals surface area contributed by atoms with Crippen molar-refractivity contribution in [3.8, 4) is 0 Å². The number of hydrogen-bond acceptors (Lipinski definition) is 6. The van der Waals surface area contributed by atoms with Crippen molar-refractivity contribution in [2.75, 3.05) is 5.32 Å². The molecule has 1 aromatic heterocycles. The van der Waals surface area contributed by atoms with Crippen LogP contribution in [-0.2, 0) is 16.0 Å². The first-order valence-corrected chi connectivity index (χ1v) is 10.8. The van der Waals surface area contributed by atoms with Crippen molar-refractivity contribution in [3.05, 3.63) is 53.3 Å². The van der Waals surface area contributed by atoms with Gasteiger partial charge in [0.15, 0.2) is 0 Å². The minimum atomic E-state index is -0.538. The van der Waals surface area contributed by atoms with Crippen molar-refractivity contribution in [2.45, 2.75) is 63.0 Å². The fourth-order valence-corrected chi connectivity index (χ4v) is 3.89. The van der Waals surface area contributed by atoms with Crippen molar-refractivity contribution in [2.24, 2.45) is 5.73 Å². The molecule has 9 heteroatoms. The second-order valence-electron chi connectivity index (χ2n) is 8.85. The van der Waals surface area contributed by atoms with E-state index in [0.717, 1.165) is 37.7 Å². The van der Waals surface area contributed by atoms with Gasteiger partial charge in [-0.3, -0.25) is 14.9 Å². The van der Waals surface area contributed by atoms with Crippen LogP contribution < -0.4 is 16.4 Å². The molecule has 4 rings (SSSR count). The zero-order valence-electron chi connectivity index (χ0n) is 18.0. The van der Waals surface area contributed by atoms with E-state index in [1.54, 1.807) is 36.7 Å².